The molecular weight excluding hydrogens is 414 g/mol. The van der Waals surface area contributed by atoms with Gasteiger partial charge in [0, 0.05) is 17.7 Å². The monoisotopic (exact) mass is 443 g/mol. The second-order valence-corrected chi connectivity index (χ2v) is 8.00. The Kier molecular flexibility index (Phi) is 8.36. The van der Waals surface area contributed by atoms with Gasteiger partial charge in [-0.1, -0.05) is 60.2 Å². The standard InChI is InChI=1S/C27H29N3O3/c1-19-11-13-21(14-12-19)15-16-25(31)28-18-26(32)29-20(2)23-9-6-10-24(17-23)30-27(33)22-7-4-3-5-8-22/h3-14,17,20H,15-16,18H2,1-2H3,(H,28,31)(H,29,32)(H,30,33). The van der Waals surface area contributed by atoms with E-state index in [1.807, 2.05) is 74.5 Å². The number of carbonyl (C=O) groups excluding carboxylic acids is 3. The van der Waals surface area contributed by atoms with Crippen LogP contribution in [0.25, 0.3) is 0 Å². The number of hydrogen-bond donors (Lipinski definition) is 3. The van der Waals surface area contributed by atoms with Gasteiger partial charge in [0.2, 0.25) is 11.8 Å². The van der Waals surface area contributed by atoms with Crippen LogP contribution in [0.15, 0.2) is 78.9 Å². The molecule has 3 rings (SSSR count). The summed E-state index contributed by atoms with van der Waals surface area (Å²) in [5.41, 5.74) is 4.33. The predicted molar refractivity (Wildman–Crippen MR) is 130 cm³/mol. The molecule has 0 spiro atoms. The minimum Gasteiger partial charge on any atom is -0.348 e. The second kappa shape index (κ2) is 11.6. The van der Waals surface area contributed by atoms with Gasteiger partial charge in [-0.3, -0.25) is 14.4 Å². The highest BCUT2D eigenvalue weighted by Crippen LogP contribution is 2.18. The van der Waals surface area contributed by atoms with Crippen LogP contribution < -0.4 is 16.0 Å². The summed E-state index contributed by atoms with van der Waals surface area (Å²) in [6.07, 6.45) is 0.959. The molecule has 0 aliphatic heterocycles. The molecule has 0 radical (unpaired) electrons. The third kappa shape index (κ3) is 7.61. The Hall–Kier alpha value is -3.93. The first kappa shape index (κ1) is 23.7. The van der Waals surface area contributed by atoms with Crippen molar-refractivity contribution in [3.8, 4) is 0 Å². The number of aryl methyl sites for hydroxylation is 2. The van der Waals surface area contributed by atoms with Gasteiger partial charge < -0.3 is 16.0 Å². The summed E-state index contributed by atoms with van der Waals surface area (Å²) in [7, 11) is 0. The molecule has 0 fully saturated rings. The van der Waals surface area contributed by atoms with Gasteiger partial charge in [-0.2, -0.15) is 0 Å². The molecule has 0 saturated heterocycles. The highest BCUT2D eigenvalue weighted by Gasteiger charge is 2.12. The first-order chi connectivity index (χ1) is 15.9. The maximum atomic E-state index is 12.4. The number of rotatable bonds is 9. The van der Waals surface area contributed by atoms with Crippen LogP contribution in [0, 0.1) is 6.92 Å². The molecule has 3 aromatic rings. The zero-order chi connectivity index (χ0) is 23.6. The van der Waals surface area contributed by atoms with Gasteiger partial charge in [-0.15, -0.1) is 0 Å². The quantitative estimate of drug-likeness (QED) is 0.464. The van der Waals surface area contributed by atoms with Crippen molar-refractivity contribution in [2.75, 3.05) is 11.9 Å². The van der Waals surface area contributed by atoms with Crippen molar-refractivity contribution in [3.63, 3.8) is 0 Å². The van der Waals surface area contributed by atoms with Crippen LogP contribution >= 0.6 is 0 Å². The van der Waals surface area contributed by atoms with Crippen molar-refractivity contribution >= 4 is 23.4 Å². The number of nitrogens with one attached hydrogen (secondary N) is 3. The van der Waals surface area contributed by atoms with Crippen molar-refractivity contribution < 1.29 is 14.4 Å². The SMILES string of the molecule is Cc1ccc(CCC(=O)NCC(=O)NC(C)c2cccc(NC(=O)c3ccccc3)c2)cc1. The summed E-state index contributed by atoms with van der Waals surface area (Å²) in [4.78, 5) is 36.7. The van der Waals surface area contributed by atoms with Gasteiger partial charge in [0.25, 0.3) is 5.91 Å². The molecule has 6 heteroatoms. The van der Waals surface area contributed by atoms with Crippen LogP contribution in [0.5, 0.6) is 0 Å². The number of benzene rings is 3. The number of anilines is 1. The molecule has 33 heavy (non-hydrogen) atoms. The van der Waals surface area contributed by atoms with E-state index in [4.69, 9.17) is 0 Å². The van der Waals surface area contributed by atoms with Crippen LogP contribution in [0.3, 0.4) is 0 Å². The molecule has 1 atom stereocenters. The summed E-state index contributed by atoms with van der Waals surface area (Å²) < 4.78 is 0. The summed E-state index contributed by atoms with van der Waals surface area (Å²) >= 11 is 0. The van der Waals surface area contributed by atoms with E-state index in [9.17, 15) is 14.4 Å². The molecule has 0 aliphatic carbocycles. The Morgan fingerprint density at radius 2 is 1.58 bits per heavy atom. The molecule has 0 saturated carbocycles. The molecule has 3 amide bonds. The third-order valence-corrected chi connectivity index (χ3v) is 5.27. The number of carbonyl (C=O) groups is 3. The van der Waals surface area contributed by atoms with Crippen molar-refractivity contribution in [1.29, 1.82) is 0 Å². The first-order valence-corrected chi connectivity index (χ1v) is 11.0. The first-order valence-electron chi connectivity index (χ1n) is 11.0. The average molecular weight is 444 g/mol. The molecule has 0 bridgehead atoms. The third-order valence-electron chi connectivity index (χ3n) is 5.27. The van der Waals surface area contributed by atoms with Gasteiger partial charge in [-0.05, 0) is 55.7 Å². The molecule has 3 N–H and O–H groups in total. The molecule has 170 valence electrons. The Morgan fingerprint density at radius 1 is 0.848 bits per heavy atom. The zero-order valence-corrected chi connectivity index (χ0v) is 18.9. The Labute approximate surface area is 194 Å². The topological polar surface area (TPSA) is 87.3 Å². The second-order valence-electron chi connectivity index (χ2n) is 8.00. The lowest BCUT2D eigenvalue weighted by Crippen LogP contribution is -2.38. The summed E-state index contributed by atoms with van der Waals surface area (Å²) in [6, 6.07) is 24.1. The molecule has 3 aromatic carbocycles. The molecule has 0 aliphatic rings. The summed E-state index contributed by atoms with van der Waals surface area (Å²) in [5, 5.41) is 8.41. The van der Waals surface area contributed by atoms with E-state index in [1.165, 1.54) is 5.56 Å². The fourth-order valence-corrected chi connectivity index (χ4v) is 3.33. The maximum absolute atomic E-state index is 12.4. The number of amides is 3. The van der Waals surface area contributed by atoms with Gasteiger partial charge in [0.1, 0.15) is 0 Å². The van der Waals surface area contributed by atoms with E-state index in [-0.39, 0.29) is 30.3 Å². The van der Waals surface area contributed by atoms with Crippen LogP contribution in [0.1, 0.15) is 46.4 Å². The fourth-order valence-electron chi connectivity index (χ4n) is 3.33. The maximum Gasteiger partial charge on any atom is 0.255 e. The van der Waals surface area contributed by atoms with Crippen LogP contribution in [0.4, 0.5) is 5.69 Å². The Balaban J connectivity index is 1.45. The van der Waals surface area contributed by atoms with Gasteiger partial charge in [0.15, 0.2) is 0 Å². The summed E-state index contributed by atoms with van der Waals surface area (Å²) in [6.45, 7) is 3.80. The predicted octanol–water partition coefficient (Wildman–Crippen LogP) is 4.17. The van der Waals surface area contributed by atoms with Crippen molar-refractivity contribution in [3.05, 3.63) is 101 Å². The molecule has 6 nitrogen and oxygen atoms in total. The van der Waals surface area contributed by atoms with E-state index >= 15 is 0 Å². The van der Waals surface area contributed by atoms with Crippen molar-refractivity contribution in [2.45, 2.75) is 32.7 Å². The van der Waals surface area contributed by atoms with E-state index in [0.717, 1.165) is 11.1 Å². The Morgan fingerprint density at radius 3 is 2.30 bits per heavy atom. The van der Waals surface area contributed by atoms with Gasteiger partial charge in [-0.25, -0.2) is 0 Å². The normalized spacial score (nSPS) is 11.3. The lowest BCUT2D eigenvalue weighted by atomic mass is 10.1. The molecular formula is C27H29N3O3. The van der Waals surface area contributed by atoms with E-state index in [2.05, 4.69) is 16.0 Å². The van der Waals surface area contributed by atoms with Gasteiger partial charge in [0.05, 0.1) is 12.6 Å². The minimum absolute atomic E-state index is 0.0818. The fraction of sp³-hybridized carbons (Fsp3) is 0.222. The minimum atomic E-state index is -0.282. The molecule has 0 heterocycles. The van der Waals surface area contributed by atoms with E-state index in [1.54, 1.807) is 18.2 Å². The van der Waals surface area contributed by atoms with Crippen LogP contribution in [-0.2, 0) is 16.0 Å². The highest BCUT2D eigenvalue weighted by atomic mass is 16.2. The van der Waals surface area contributed by atoms with Gasteiger partial charge >= 0.3 is 0 Å². The van der Waals surface area contributed by atoms with Crippen molar-refractivity contribution in [2.24, 2.45) is 0 Å². The summed E-state index contributed by atoms with van der Waals surface area (Å²) in [5.74, 6) is -0.633. The average Bonchev–Trinajstić information content (AvgIpc) is 2.83. The highest BCUT2D eigenvalue weighted by molar-refractivity contribution is 6.04. The number of hydrogen-bond acceptors (Lipinski definition) is 3. The molecule has 0 aromatic heterocycles. The Bertz CT molecular complexity index is 1100. The smallest absolute Gasteiger partial charge is 0.255 e. The van der Waals surface area contributed by atoms with E-state index < -0.39 is 0 Å². The van der Waals surface area contributed by atoms with Crippen molar-refractivity contribution in [1.82, 2.24) is 10.6 Å². The lowest BCUT2D eigenvalue weighted by molar-refractivity contribution is -0.126. The van der Waals surface area contributed by atoms with E-state index in [0.29, 0.717) is 24.1 Å². The molecule has 1 unspecified atom stereocenters. The van der Waals surface area contributed by atoms with Crippen LogP contribution in [0.2, 0.25) is 0 Å². The zero-order valence-electron chi connectivity index (χ0n) is 18.9. The largest absolute Gasteiger partial charge is 0.348 e. The lowest BCUT2D eigenvalue weighted by Gasteiger charge is -2.16. The van der Waals surface area contributed by atoms with Crippen LogP contribution in [-0.4, -0.2) is 24.3 Å².